The first-order valence-corrected chi connectivity index (χ1v) is 4.31. The Labute approximate surface area is 77.4 Å². The molecule has 0 aliphatic rings. The van der Waals surface area contributed by atoms with Crippen molar-refractivity contribution in [2.75, 3.05) is 0 Å². The first-order valence-electron chi connectivity index (χ1n) is 3.23. The zero-order valence-electron chi connectivity index (χ0n) is 5.63. The van der Waals surface area contributed by atoms with Crippen LogP contribution in [0.4, 0.5) is 0 Å². The van der Waals surface area contributed by atoms with E-state index in [0.717, 1.165) is 14.5 Å². The third kappa shape index (κ3) is 0.994. The van der Waals surface area contributed by atoms with Crippen molar-refractivity contribution >= 4 is 33.5 Å². The molecule has 0 amide bonds. The number of hydrogen-bond acceptors (Lipinski definition) is 1. The van der Waals surface area contributed by atoms with Gasteiger partial charge in [0, 0.05) is 17.1 Å². The molecule has 0 fully saturated rings. The minimum atomic E-state index is 0.345. The summed E-state index contributed by atoms with van der Waals surface area (Å²) in [4.78, 5) is 3.07. The fourth-order valence-electron chi connectivity index (χ4n) is 1.09. The summed E-state index contributed by atoms with van der Waals surface area (Å²) < 4.78 is 0.904. The van der Waals surface area contributed by atoms with E-state index in [1.165, 1.54) is 0 Å². The van der Waals surface area contributed by atoms with E-state index < -0.39 is 0 Å². The monoisotopic (exact) mass is 259 g/mol. The summed E-state index contributed by atoms with van der Waals surface area (Å²) in [5, 5.41) is 10.4. The lowest BCUT2D eigenvalue weighted by molar-refractivity contribution is 0.472. The molecule has 3 heteroatoms. The standard InChI is InChI=1S/C8H6INO/c9-8-5-3-4-10-6(5)1-2-7(8)11/h1-4,10-11H. The second kappa shape index (κ2) is 2.41. The molecular formula is C8H6INO. The van der Waals surface area contributed by atoms with Crippen molar-refractivity contribution in [1.82, 2.24) is 4.98 Å². The number of halogens is 1. The maximum absolute atomic E-state index is 9.31. The summed E-state index contributed by atoms with van der Waals surface area (Å²) >= 11 is 2.13. The third-order valence-corrected chi connectivity index (χ3v) is 2.78. The number of rotatable bonds is 0. The Bertz CT molecular complexity index is 394. The molecule has 11 heavy (non-hydrogen) atoms. The Kier molecular flexibility index (Phi) is 1.52. The maximum atomic E-state index is 9.31. The molecule has 2 rings (SSSR count). The molecule has 56 valence electrons. The molecule has 1 aromatic heterocycles. The van der Waals surface area contributed by atoms with Crippen molar-refractivity contribution in [2.24, 2.45) is 0 Å². The first kappa shape index (κ1) is 6.97. The number of nitrogens with one attached hydrogen (secondary N) is 1. The number of phenols is 1. The van der Waals surface area contributed by atoms with Crippen molar-refractivity contribution in [3.05, 3.63) is 28.0 Å². The van der Waals surface area contributed by atoms with Gasteiger partial charge in [-0.3, -0.25) is 0 Å². The van der Waals surface area contributed by atoms with Crippen molar-refractivity contribution in [3.63, 3.8) is 0 Å². The van der Waals surface area contributed by atoms with Crippen LogP contribution in [0, 0.1) is 3.57 Å². The summed E-state index contributed by atoms with van der Waals surface area (Å²) in [5.74, 6) is 0.345. The summed E-state index contributed by atoms with van der Waals surface area (Å²) in [7, 11) is 0. The van der Waals surface area contributed by atoms with E-state index >= 15 is 0 Å². The van der Waals surface area contributed by atoms with E-state index in [4.69, 9.17) is 0 Å². The summed E-state index contributed by atoms with van der Waals surface area (Å²) in [6, 6.07) is 5.52. The highest BCUT2D eigenvalue weighted by molar-refractivity contribution is 14.1. The Morgan fingerprint density at radius 1 is 1.27 bits per heavy atom. The molecule has 0 saturated heterocycles. The van der Waals surface area contributed by atoms with E-state index in [2.05, 4.69) is 27.6 Å². The highest BCUT2D eigenvalue weighted by Gasteiger charge is 2.02. The number of benzene rings is 1. The molecular weight excluding hydrogens is 253 g/mol. The zero-order chi connectivity index (χ0) is 7.84. The molecule has 1 heterocycles. The molecule has 0 saturated carbocycles. The number of hydrogen-bond donors (Lipinski definition) is 2. The van der Waals surface area contributed by atoms with Gasteiger partial charge in [0.15, 0.2) is 0 Å². The van der Waals surface area contributed by atoms with Crippen LogP contribution in [0.3, 0.4) is 0 Å². The van der Waals surface area contributed by atoms with Crippen LogP contribution < -0.4 is 0 Å². The highest BCUT2D eigenvalue weighted by atomic mass is 127. The fraction of sp³-hybridized carbons (Fsp3) is 0. The number of aromatic amines is 1. The van der Waals surface area contributed by atoms with Gasteiger partial charge >= 0.3 is 0 Å². The molecule has 0 aliphatic carbocycles. The SMILES string of the molecule is Oc1ccc2[nH]ccc2c1I. The van der Waals surface area contributed by atoms with Gasteiger partial charge in [0.2, 0.25) is 0 Å². The van der Waals surface area contributed by atoms with E-state index in [1.54, 1.807) is 6.07 Å². The van der Waals surface area contributed by atoms with Crippen LogP contribution in [0.5, 0.6) is 5.75 Å². The van der Waals surface area contributed by atoms with Crippen molar-refractivity contribution in [3.8, 4) is 5.75 Å². The lowest BCUT2D eigenvalue weighted by Crippen LogP contribution is -1.74. The largest absolute Gasteiger partial charge is 0.507 e. The van der Waals surface area contributed by atoms with Gasteiger partial charge in [0.25, 0.3) is 0 Å². The Morgan fingerprint density at radius 3 is 2.91 bits per heavy atom. The average molecular weight is 259 g/mol. The van der Waals surface area contributed by atoms with E-state index in [-0.39, 0.29) is 0 Å². The molecule has 0 radical (unpaired) electrons. The molecule has 0 bridgehead atoms. The molecule has 0 unspecified atom stereocenters. The summed E-state index contributed by atoms with van der Waals surface area (Å²) in [5.41, 5.74) is 1.06. The summed E-state index contributed by atoms with van der Waals surface area (Å²) in [6.45, 7) is 0. The number of H-pyrrole nitrogens is 1. The van der Waals surface area contributed by atoms with Crippen molar-refractivity contribution < 1.29 is 5.11 Å². The number of phenolic OH excluding ortho intramolecular Hbond substituents is 1. The Balaban J connectivity index is 2.93. The lowest BCUT2D eigenvalue weighted by atomic mass is 10.2. The zero-order valence-corrected chi connectivity index (χ0v) is 7.79. The highest BCUT2D eigenvalue weighted by Crippen LogP contribution is 2.27. The second-order valence-electron chi connectivity index (χ2n) is 2.34. The quantitative estimate of drug-likeness (QED) is 0.700. The molecule has 0 aliphatic heterocycles. The molecule has 2 nitrogen and oxygen atoms in total. The van der Waals surface area contributed by atoms with Crippen LogP contribution in [0.2, 0.25) is 0 Å². The Hall–Kier alpha value is -0.710. The topological polar surface area (TPSA) is 36.0 Å². The van der Waals surface area contributed by atoms with E-state index in [9.17, 15) is 5.11 Å². The average Bonchev–Trinajstić information content (AvgIpc) is 2.45. The van der Waals surface area contributed by atoms with Gasteiger partial charge < -0.3 is 10.1 Å². The van der Waals surface area contributed by atoms with Gasteiger partial charge in [-0.05, 0) is 40.8 Å². The predicted octanol–water partition coefficient (Wildman–Crippen LogP) is 2.48. The Morgan fingerprint density at radius 2 is 2.09 bits per heavy atom. The number of fused-ring (bicyclic) bond motifs is 1. The lowest BCUT2D eigenvalue weighted by Gasteiger charge is -1.96. The normalized spacial score (nSPS) is 10.6. The fourth-order valence-corrected chi connectivity index (χ4v) is 1.74. The molecule has 1 aromatic carbocycles. The van der Waals surface area contributed by atoms with Crippen LogP contribution in [-0.2, 0) is 0 Å². The van der Waals surface area contributed by atoms with Gasteiger partial charge in [-0.15, -0.1) is 0 Å². The van der Waals surface area contributed by atoms with Crippen LogP contribution in [0.25, 0.3) is 10.9 Å². The van der Waals surface area contributed by atoms with Crippen LogP contribution >= 0.6 is 22.6 Å². The molecule has 2 N–H and O–H groups in total. The van der Waals surface area contributed by atoms with Crippen LogP contribution in [-0.4, -0.2) is 10.1 Å². The van der Waals surface area contributed by atoms with Crippen LogP contribution in [0.1, 0.15) is 0 Å². The van der Waals surface area contributed by atoms with Gasteiger partial charge in [-0.1, -0.05) is 0 Å². The summed E-state index contributed by atoms with van der Waals surface area (Å²) in [6.07, 6.45) is 1.87. The number of aromatic hydroxyl groups is 1. The van der Waals surface area contributed by atoms with E-state index in [0.29, 0.717) is 5.75 Å². The second-order valence-corrected chi connectivity index (χ2v) is 3.42. The molecule has 0 atom stereocenters. The van der Waals surface area contributed by atoms with Crippen molar-refractivity contribution in [2.45, 2.75) is 0 Å². The molecule has 2 aromatic rings. The minimum absolute atomic E-state index is 0.345. The van der Waals surface area contributed by atoms with E-state index in [1.807, 2.05) is 18.3 Å². The first-order chi connectivity index (χ1) is 5.29. The van der Waals surface area contributed by atoms with Gasteiger partial charge in [-0.25, -0.2) is 0 Å². The molecule has 0 spiro atoms. The predicted molar refractivity (Wildman–Crippen MR) is 52.7 cm³/mol. The maximum Gasteiger partial charge on any atom is 0.129 e. The van der Waals surface area contributed by atoms with Gasteiger partial charge in [-0.2, -0.15) is 0 Å². The van der Waals surface area contributed by atoms with Gasteiger partial charge in [0.05, 0.1) is 3.57 Å². The van der Waals surface area contributed by atoms with Crippen LogP contribution in [0.15, 0.2) is 24.4 Å². The third-order valence-electron chi connectivity index (χ3n) is 1.65. The smallest absolute Gasteiger partial charge is 0.129 e. The number of aromatic nitrogens is 1. The minimum Gasteiger partial charge on any atom is -0.507 e. The van der Waals surface area contributed by atoms with Gasteiger partial charge in [0.1, 0.15) is 5.75 Å². The van der Waals surface area contributed by atoms with Crippen molar-refractivity contribution in [1.29, 1.82) is 0 Å².